The molecule has 6 heteroatoms. The molecule has 2 aromatic rings. The number of hydrogen-bond acceptors (Lipinski definition) is 3. The van der Waals surface area contributed by atoms with Crippen molar-refractivity contribution in [2.45, 2.75) is 19.5 Å². The second-order valence-electron chi connectivity index (χ2n) is 5.93. The van der Waals surface area contributed by atoms with Gasteiger partial charge in [0.2, 0.25) is 15.9 Å². The van der Waals surface area contributed by atoms with E-state index in [0.29, 0.717) is 18.7 Å². The lowest BCUT2D eigenvalue weighted by molar-refractivity contribution is -0.135. The van der Waals surface area contributed by atoms with Crippen molar-refractivity contribution in [3.8, 4) is 0 Å². The van der Waals surface area contributed by atoms with Crippen LogP contribution in [0.4, 0.5) is 0 Å². The van der Waals surface area contributed by atoms with Gasteiger partial charge in [0.15, 0.2) is 0 Å². The minimum Gasteiger partial charge on any atom is -0.337 e. The van der Waals surface area contributed by atoms with Gasteiger partial charge in [0.1, 0.15) is 6.04 Å². The van der Waals surface area contributed by atoms with Gasteiger partial charge in [0.05, 0.1) is 6.26 Å². The van der Waals surface area contributed by atoms with Gasteiger partial charge in [-0.05, 0) is 18.1 Å². The van der Waals surface area contributed by atoms with E-state index in [1.54, 1.807) is 29.2 Å². The summed E-state index contributed by atoms with van der Waals surface area (Å²) in [7, 11) is -2.08. The monoisotopic (exact) mass is 360 g/mol. The third-order valence-corrected chi connectivity index (χ3v) is 5.40. The van der Waals surface area contributed by atoms with E-state index in [4.69, 9.17) is 0 Å². The molecule has 0 fully saturated rings. The normalized spacial score (nSPS) is 12.8. The van der Waals surface area contributed by atoms with Crippen molar-refractivity contribution in [2.75, 3.05) is 19.8 Å². The number of hydrogen-bond donors (Lipinski definition) is 0. The Morgan fingerprint density at radius 3 is 2.00 bits per heavy atom. The third-order valence-electron chi connectivity index (χ3n) is 4.15. The molecule has 2 rings (SSSR count). The van der Waals surface area contributed by atoms with Crippen molar-refractivity contribution in [2.24, 2.45) is 0 Å². The molecule has 0 saturated heterocycles. The number of sulfonamides is 1. The van der Waals surface area contributed by atoms with Gasteiger partial charge in [0.25, 0.3) is 0 Å². The first-order valence-electron chi connectivity index (χ1n) is 8.15. The van der Waals surface area contributed by atoms with Crippen LogP contribution < -0.4 is 0 Å². The molecule has 5 nitrogen and oxygen atoms in total. The third kappa shape index (κ3) is 4.90. The maximum Gasteiger partial charge on any atom is 0.245 e. The molecular formula is C19H24N2O3S. The summed E-state index contributed by atoms with van der Waals surface area (Å²) < 4.78 is 25.3. The molecule has 0 radical (unpaired) electrons. The Morgan fingerprint density at radius 2 is 1.52 bits per heavy atom. The van der Waals surface area contributed by atoms with Gasteiger partial charge in [-0.3, -0.25) is 4.79 Å². The number of likely N-dealkylation sites (N-methyl/N-ethyl adjacent to an activating group) is 2. The Hall–Kier alpha value is -2.18. The Bertz CT molecular complexity index is 792. The van der Waals surface area contributed by atoms with Crippen molar-refractivity contribution in [1.29, 1.82) is 0 Å². The summed E-state index contributed by atoms with van der Waals surface area (Å²) in [5.41, 5.74) is 1.67. The van der Waals surface area contributed by atoms with Crippen LogP contribution >= 0.6 is 0 Å². The molecule has 0 aliphatic carbocycles. The lowest BCUT2D eigenvalue weighted by Gasteiger charge is -2.31. The molecule has 0 N–H and O–H groups in total. The van der Waals surface area contributed by atoms with Gasteiger partial charge < -0.3 is 4.90 Å². The fourth-order valence-electron chi connectivity index (χ4n) is 2.66. The highest BCUT2D eigenvalue weighted by Crippen LogP contribution is 2.25. The van der Waals surface area contributed by atoms with Crippen LogP contribution in [0.2, 0.25) is 0 Å². The van der Waals surface area contributed by atoms with Crippen LogP contribution in [-0.4, -0.2) is 43.4 Å². The molecule has 0 saturated carbocycles. The van der Waals surface area contributed by atoms with Crippen molar-refractivity contribution in [3.05, 3.63) is 71.8 Å². The van der Waals surface area contributed by atoms with E-state index in [2.05, 4.69) is 0 Å². The van der Waals surface area contributed by atoms with Crippen molar-refractivity contribution in [3.63, 3.8) is 0 Å². The summed E-state index contributed by atoms with van der Waals surface area (Å²) in [6, 6.07) is 17.8. The molecular weight excluding hydrogens is 336 g/mol. The fraction of sp³-hybridized carbons (Fsp3) is 0.316. The number of nitrogens with zero attached hydrogens (tertiary/aromatic N) is 2. The Kier molecular flexibility index (Phi) is 6.33. The van der Waals surface area contributed by atoms with Gasteiger partial charge in [-0.2, -0.15) is 4.31 Å². The first-order chi connectivity index (χ1) is 11.8. The molecule has 25 heavy (non-hydrogen) atoms. The average molecular weight is 360 g/mol. The molecule has 0 aliphatic rings. The second-order valence-corrected chi connectivity index (χ2v) is 7.97. The minimum atomic E-state index is -3.52. The molecule has 0 unspecified atom stereocenters. The zero-order chi connectivity index (χ0) is 18.4. The fourth-order valence-corrected chi connectivity index (χ4v) is 3.25. The predicted octanol–water partition coefficient (Wildman–Crippen LogP) is 2.67. The number of carbonyl (C=O) groups excluding carboxylic acids is 1. The topological polar surface area (TPSA) is 57.7 Å². The largest absolute Gasteiger partial charge is 0.337 e. The molecule has 1 atom stereocenters. The highest BCUT2D eigenvalue weighted by atomic mass is 32.2. The highest BCUT2D eigenvalue weighted by molar-refractivity contribution is 7.88. The number of rotatable bonds is 7. The summed E-state index contributed by atoms with van der Waals surface area (Å²) in [5, 5.41) is 0. The maximum atomic E-state index is 13.2. The average Bonchev–Trinajstić information content (AvgIpc) is 2.60. The van der Waals surface area contributed by atoms with Gasteiger partial charge in [-0.1, -0.05) is 60.7 Å². The zero-order valence-corrected chi connectivity index (χ0v) is 15.6. The summed E-state index contributed by atoms with van der Waals surface area (Å²) in [6.45, 7) is 2.83. The van der Waals surface area contributed by atoms with E-state index in [-0.39, 0.29) is 5.91 Å². The molecule has 0 heterocycles. The molecule has 0 bridgehead atoms. The van der Waals surface area contributed by atoms with Crippen LogP contribution in [0.15, 0.2) is 60.7 Å². The summed E-state index contributed by atoms with van der Waals surface area (Å²) in [4.78, 5) is 14.9. The lowest BCUT2D eigenvalue weighted by atomic mass is 10.1. The van der Waals surface area contributed by atoms with Crippen molar-refractivity contribution >= 4 is 15.9 Å². The van der Waals surface area contributed by atoms with E-state index in [9.17, 15) is 13.2 Å². The van der Waals surface area contributed by atoms with Gasteiger partial charge in [-0.25, -0.2) is 8.42 Å². The predicted molar refractivity (Wildman–Crippen MR) is 99.3 cm³/mol. The van der Waals surface area contributed by atoms with Crippen LogP contribution in [0.25, 0.3) is 0 Å². The first-order valence-corrected chi connectivity index (χ1v) is 10.00. The second kappa shape index (κ2) is 8.27. The first kappa shape index (κ1) is 19.1. The van der Waals surface area contributed by atoms with E-state index in [0.717, 1.165) is 16.1 Å². The quantitative estimate of drug-likeness (QED) is 0.763. The minimum absolute atomic E-state index is 0.231. The Balaban J connectivity index is 2.36. The molecule has 0 spiro atoms. The van der Waals surface area contributed by atoms with Crippen LogP contribution in [-0.2, 0) is 21.4 Å². The summed E-state index contributed by atoms with van der Waals surface area (Å²) in [6.07, 6.45) is 1.11. The Labute approximate surface area is 149 Å². The SMILES string of the molecule is CCN(Cc1ccccc1)C(=O)[C@@H](c1ccccc1)N(C)S(C)(=O)=O. The molecule has 0 aliphatic heterocycles. The summed E-state index contributed by atoms with van der Waals surface area (Å²) in [5.74, 6) is -0.231. The van der Waals surface area contributed by atoms with Gasteiger partial charge in [0, 0.05) is 20.1 Å². The van der Waals surface area contributed by atoms with Crippen LogP contribution in [0.3, 0.4) is 0 Å². The number of amides is 1. The van der Waals surface area contributed by atoms with E-state index >= 15 is 0 Å². The van der Waals surface area contributed by atoms with E-state index in [1.165, 1.54) is 7.05 Å². The molecule has 2 aromatic carbocycles. The standard InChI is InChI=1S/C19H24N2O3S/c1-4-21(15-16-11-7-5-8-12-16)19(22)18(20(2)25(3,23)24)17-13-9-6-10-14-17/h5-14,18H,4,15H2,1-3H3/t18-/m1/s1. The molecule has 1 amide bonds. The summed E-state index contributed by atoms with van der Waals surface area (Å²) >= 11 is 0. The van der Waals surface area contributed by atoms with Crippen LogP contribution in [0, 0.1) is 0 Å². The highest BCUT2D eigenvalue weighted by Gasteiger charge is 2.33. The lowest BCUT2D eigenvalue weighted by Crippen LogP contribution is -2.43. The van der Waals surface area contributed by atoms with Crippen LogP contribution in [0.5, 0.6) is 0 Å². The Morgan fingerprint density at radius 1 is 1.00 bits per heavy atom. The smallest absolute Gasteiger partial charge is 0.245 e. The van der Waals surface area contributed by atoms with Crippen molar-refractivity contribution in [1.82, 2.24) is 9.21 Å². The van der Waals surface area contributed by atoms with Gasteiger partial charge in [-0.15, -0.1) is 0 Å². The number of carbonyl (C=O) groups is 1. The van der Waals surface area contributed by atoms with Gasteiger partial charge >= 0.3 is 0 Å². The molecule has 0 aromatic heterocycles. The van der Waals surface area contributed by atoms with E-state index in [1.807, 2.05) is 43.3 Å². The number of benzene rings is 2. The zero-order valence-electron chi connectivity index (χ0n) is 14.8. The molecule has 134 valence electrons. The van der Waals surface area contributed by atoms with Crippen molar-refractivity contribution < 1.29 is 13.2 Å². The maximum absolute atomic E-state index is 13.2. The van der Waals surface area contributed by atoms with E-state index < -0.39 is 16.1 Å². The van der Waals surface area contributed by atoms with Crippen LogP contribution in [0.1, 0.15) is 24.1 Å².